The van der Waals surface area contributed by atoms with Crippen LogP contribution in [0.25, 0.3) is 0 Å². The monoisotopic (exact) mass is 599 g/mol. The Morgan fingerprint density at radius 3 is 2.32 bits per heavy atom. The van der Waals surface area contributed by atoms with Gasteiger partial charge in [0.25, 0.3) is 0 Å². The maximum absolute atomic E-state index is 13.7. The van der Waals surface area contributed by atoms with E-state index in [9.17, 15) is 14.4 Å². The van der Waals surface area contributed by atoms with Gasteiger partial charge in [0.05, 0.1) is 5.41 Å². The fraction of sp³-hybridized carbons (Fsp3) is 0.618. The number of hydrogen-bond donors (Lipinski definition) is 0. The molecule has 0 saturated heterocycles. The van der Waals surface area contributed by atoms with Gasteiger partial charge in [-0.2, -0.15) is 0 Å². The van der Waals surface area contributed by atoms with Crippen LogP contribution in [0.4, 0.5) is 5.82 Å². The summed E-state index contributed by atoms with van der Waals surface area (Å²) in [4.78, 5) is 46.4. The predicted molar refractivity (Wildman–Crippen MR) is 161 cm³/mol. The van der Waals surface area contributed by atoms with Crippen LogP contribution in [0.5, 0.6) is 0 Å². The van der Waals surface area contributed by atoms with Crippen molar-refractivity contribution in [1.82, 2.24) is 4.98 Å². The van der Waals surface area contributed by atoms with Crippen LogP contribution in [0, 0.1) is 33.5 Å². The number of carbonyl (C=O) groups is 3. The standard InChI is InChI=1S/C34H43N6O4/c1-22(41)24-11-17-40(18-12-24)38-36-28-19-34-16-10-26-32(4,27(34)9-15-31(28,3)21-34)13-6-14-33(26,5)30(43)44-39-37-29-8-7-25(20-35-29)23(2)42/h7-8,11-12,17-18,20,26-28H,6,9-10,13-16,19,21H2,1-5H3/q+1/t26?,27?,28?,31-,32+,33+,34-/m0/s1. The second-order valence-electron chi connectivity index (χ2n) is 14.6. The highest BCUT2D eigenvalue weighted by Crippen LogP contribution is 2.74. The van der Waals surface area contributed by atoms with Gasteiger partial charge in [-0.25, -0.2) is 9.78 Å². The Morgan fingerprint density at radius 2 is 1.64 bits per heavy atom. The minimum atomic E-state index is -0.638. The molecule has 4 aliphatic carbocycles. The van der Waals surface area contributed by atoms with E-state index in [1.807, 2.05) is 0 Å². The van der Waals surface area contributed by atoms with Crippen molar-refractivity contribution in [2.45, 2.75) is 98.4 Å². The molecular weight excluding hydrogens is 556 g/mol. The first-order valence-corrected chi connectivity index (χ1v) is 15.9. The zero-order valence-electron chi connectivity index (χ0n) is 26.5. The van der Waals surface area contributed by atoms with Gasteiger partial charge < -0.3 is 0 Å². The van der Waals surface area contributed by atoms with Gasteiger partial charge in [-0.1, -0.05) is 25.4 Å². The molecule has 0 aromatic carbocycles. The quantitative estimate of drug-likeness (QED) is 0.142. The zero-order chi connectivity index (χ0) is 31.3. The minimum Gasteiger partial charge on any atom is -0.299 e. The fourth-order valence-electron chi connectivity index (χ4n) is 9.85. The van der Waals surface area contributed by atoms with Crippen molar-refractivity contribution >= 4 is 23.4 Å². The zero-order valence-corrected chi connectivity index (χ0v) is 26.5. The number of Topliss-reactive ketones (excluding diaryl/α,β-unsaturated/α-hetero) is 2. The van der Waals surface area contributed by atoms with Crippen molar-refractivity contribution in [3.8, 4) is 0 Å². The van der Waals surface area contributed by atoms with Crippen molar-refractivity contribution in [1.29, 1.82) is 0 Å². The van der Waals surface area contributed by atoms with E-state index in [4.69, 9.17) is 9.95 Å². The molecule has 0 aliphatic heterocycles. The van der Waals surface area contributed by atoms with Gasteiger partial charge >= 0.3 is 5.97 Å². The number of hydrogen-bond acceptors (Lipinski definition) is 9. The lowest BCUT2D eigenvalue weighted by Crippen LogP contribution is -2.58. The third-order valence-corrected chi connectivity index (χ3v) is 12.0. The maximum Gasteiger partial charge on any atom is 0.343 e. The molecule has 3 unspecified atom stereocenters. The van der Waals surface area contributed by atoms with Gasteiger partial charge in [-0.15, -0.1) is 4.68 Å². The summed E-state index contributed by atoms with van der Waals surface area (Å²) in [6.07, 6.45) is 14.4. The smallest absolute Gasteiger partial charge is 0.299 e. The second-order valence-corrected chi connectivity index (χ2v) is 14.6. The van der Waals surface area contributed by atoms with Crippen LogP contribution in [0.1, 0.15) is 113 Å². The van der Waals surface area contributed by atoms with Crippen LogP contribution in [0.2, 0.25) is 0 Å². The largest absolute Gasteiger partial charge is 0.343 e. The molecule has 4 fully saturated rings. The molecule has 2 heterocycles. The van der Waals surface area contributed by atoms with Crippen molar-refractivity contribution in [2.75, 3.05) is 0 Å². The Balaban J connectivity index is 1.17. The van der Waals surface area contributed by atoms with Gasteiger partial charge in [0.1, 0.15) is 17.6 Å². The van der Waals surface area contributed by atoms with Crippen LogP contribution in [0.3, 0.4) is 0 Å². The number of nitrogens with zero attached hydrogens (tertiary/aromatic N) is 6. The van der Waals surface area contributed by atoms with Crippen LogP contribution >= 0.6 is 0 Å². The lowest BCUT2D eigenvalue weighted by molar-refractivity contribution is -0.686. The maximum atomic E-state index is 13.7. The third-order valence-electron chi connectivity index (χ3n) is 12.0. The average molecular weight is 600 g/mol. The summed E-state index contributed by atoms with van der Waals surface area (Å²) in [7, 11) is 0. The molecule has 2 aromatic heterocycles. The van der Waals surface area contributed by atoms with E-state index in [0.717, 1.165) is 57.8 Å². The molecule has 1 spiro atoms. The summed E-state index contributed by atoms with van der Waals surface area (Å²) < 4.78 is 1.69. The molecule has 10 heteroatoms. The van der Waals surface area contributed by atoms with Crippen LogP contribution in [-0.4, -0.2) is 28.6 Å². The first kappa shape index (κ1) is 30.3. The van der Waals surface area contributed by atoms with Gasteiger partial charge in [-0.05, 0) is 113 Å². The highest BCUT2D eigenvalue weighted by atomic mass is 16.7. The van der Waals surface area contributed by atoms with E-state index in [1.54, 1.807) is 48.3 Å². The summed E-state index contributed by atoms with van der Waals surface area (Å²) in [5.41, 5.74) is 0.846. The molecule has 10 nitrogen and oxygen atoms in total. The van der Waals surface area contributed by atoms with E-state index in [-0.39, 0.29) is 51.6 Å². The number of carbonyl (C=O) groups excluding carboxylic acids is 3. The lowest BCUT2D eigenvalue weighted by atomic mass is 9.40. The van der Waals surface area contributed by atoms with Crippen molar-refractivity contribution in [3.05, 3.63) is 54.0 Å². The second kappa shape index (κ2) is 11.0. The molecular formula is C34H43N6O4+. The van der Waals surface area contributed by atoms with E-state index in [0.29, 0.717) is 17.0 Å². The van der Waals surface area contributed by atoms with Gasteiger partial charge in [0, 0.05) is 39.6 Å². The van der Waals surface area contributed by atoms with Gasteiger partial charge in [-0.3, -0.25) is 14.4 Å². The Hall–Kier alpha value is -3.69. The van der Waals surface area contributed by atoms with Crippen LogP contribution in [-0.2, 0) is 9.63 Å². The van der Waals surface area contributed by atoms with Crippen molar-refractivity contribution < 1.29 is 23.9 Å². The fourth-order valence-corrected chi connectivity index (χ4v) is 9.85. The van der Waals surface area contributed by atoms with E-state index < -0.39 is 5.41 Å². The van der Waals surface area contributed by atoms with Gasteiger partial charge in [0.15, 0.2) is 23.4 Å². The summed E-state index contributed by atoms with van der Waals surface area (Å²) in [6.45, 7) is 9.92. The van der Waals surface area contributed by atoms with Crippen molar-refractivity contribution in [2.24, 2.45) is 54.2 Å². The van der Waals surface area contributed by atoms with E-state index in [1.165, 1.54) is 13.1 Å². The molecule has 4 saturated carbocycles. The number of pyridine rings is 2. The number of aromatic nitrogens is 2. The summed E-state index contributed by atoms with van der Waals surface area (Å²) >= 11 is 0. The van der Waals surface area contributed by atoms with E-state index >= 15 is 0 Å². The van der Waals surface area contributed by atoms with Crippen LogP contribution in [0.15, 0.2) is 63.6 Å². The molecule has 2 bridgehead atoms. The molecule has 0 amide bonds. The van der Waals surface area contributed by atoms with Crippen molar-refractivity contribution in [3.63, 3.8) is 0 Å². The molecule has 232 valence electrons. The predicted octanol–water partition coefficient (Wildman–Crippen LogP) is 7.40. The molecule has 4 aliphatic rings. The molecule has 7 atom stereocenters. The third kappa shape index (κ3) is 5.09. The molecule has 2 aromatic rings. The first-order valence-electron chi connectivity index (χ1n) is 15.9. The summed E-state index contributed by atoms with van der Waals surface area (Å²) in [5, 5.41) is 17.2. The SMILES string of the molecule is CC(=O)c1cc[n+](N=NC2C[C@]34CCC5[C@@](C)(CCC[C@@]5(C)C(=O)ON=Nc5ccc(C(C)=O)cn5)C3CC[C@@]2(C)C4)cc1. The normalized spacial score (nSPS) is 36.2. The Bertz CT molecular complexity index is 1520. The Morgan fingerprint density at radius 1 is 0.909 bits per heavy atom. The van der Waals surface area contributed by atoms with Gasteiger partial charge in [0.2, 0.25) is 0 Å². The number of fused-ring (bicyclic) bond motifs is 3. The molecule has 0 N–H and O–H groups in total. The highest BCUT2D eigenvalue weighted by Gasteiger charge is 2.69. The van der Waals surface area contributed by atoms with Crippen LogP contribution < -0.4 is 4.68 Å². The lowest BCUT2D eigenvalue weighted by Gasteiger charge is -2.63. The molecule has 0 radical (unpaired) electrons. The molecule has 44 heavy (non-hydrogen) atoms. The minimum absolute atomic E-state index is 0.0239. The van der Waals surface area contributed by atoms with E-state index in [2.05, 4.69) is 41.4 Å². The Labute approximate surface area is 258 Å². The first-order chi connectivity index (χ1) is 20.9. The number of rotatable bonds is 7. The highest BCUT2D eigenvalue weighted by molar-refractivity contribution is 5.94. The summed E-state index contributed by atoms with van der Waals surface area (Å²) in [5.74, 6) is 0.640. The summed E-state index contributed by atoms with van der Waals surface area (Å²) in [6, 6.07) is 6.92. The molecule has 6 rings (SSSR count). The average Bonchev–Trinajstić information content (AvgIpc) is 3.20. The Kier molecular flexibility index (Phi) is 7.61. The topological polar surface area (TPSA) is 127 Å². The number of ketones is 2.